The van der Waals surface area contributed by atoms with Gasteiger partial charge in [0.05, 0.1) is 11.8 Å². The van der Waals surface area contributed by atoms with E-state index in [4.69, 9.17) is 4.74 Å². The molecule has 1 aliphatic carbocycles. The molecule has 1 aliphatic rings. The van der Waals surface area contributed by atoms with Gasteiger partial charge in [0.2, 0.25) is 5.95 Å². The van der Waals surface area contributed by atoms with E-state index in [1.807, 2.05) is 20.8 Å². The Labute approximate surface area is 188 Å². The van der Waals surface area contributed by atoms with Crippen LogP contribution in [0, 0.1) is 23.6 Å². The van der Waals surface area contributed by atoms with Gasteiger partial charge >= 0.3 is 6.09 Å². The number of ether oxygens (including phenoxy) is 1. The van der Waals surface area contributed by atoms with E-state index in [1.54, 1.807) is 18.3 Å². The summed E-state index contributed by atoms with van der Waals surface area (Å²) in [5.74, 6) is 7.28. The fourth-order valence-electron chi connectivity index (χ4n) is 3.11. The van der Waals surface area contributed by atoms with Gasteiger partial charge in [-0.1, -0.05) is 24.8 Å². The van der Waals surface area contributed by atoms with E-state index in [2.05, 4.69) is 44.7 Å². The lowest BCUT2D eigenvalue weighted by Gasteiger charge is -2.33. The summed E-state index contributed by atoms with van der Waals surface area (Å²) in [6.45, 7) is 8.33. The summed E-state index contributed by atoms with van der Waals surface area (Å²) in [5.41, 5.74) is 0.764. The first-order valence-corrected chi connectivity index (χ1v) is 10.9. The molecule has 8 heteroatoms. The number of carbonyl (C=O) groups excluding carboxylic acids is 1. The molecule has 1 fully saturated rings. The lowest BCUT2D eigenvalue weighted by atomic mass is 9.81. The zero-order valence-corrected chi connectivity index (χ0v) is 19.0. The molecule has 0 atom stereocenters. The Bertz CT molecular complexity index is 1000. The highest BCUT2D eigenvalue weighted by Crippen LogP contribution is 2.27. The van der Waals surface area contributed by atoms with E-state index in [0.717, 1.165) is 25.8 Å². The van der Waals surface area contributed by atoms with Crippen molar-refractivity contribution in [2.24, 2.45) is 5.92 Å². The van der Waals surface area contributed by atoms with E-state index in [1.165, 1.54) is 12.1 Å². The second-order valence-corrected chi connectivity index (χ2v) is 8.80. The summed E-state index contributed by atoms with van der Waals surface area (Å²) in [4.78, 5) is 20.7. The summed E-state index contributed by atoms with van der Waals surface area (Å²) in [5, 5.41) is 9.16. The molecule has 2 aromatic rings. The standard InChI is InChI=1S/C24H30FN5O2/c1-5-11-26-21-17(15-27-22(30-21)28-19-8-6-7-18(25)14-19)10-9-16-12-20(13-16)29-23(31)32-24(2,3)4/h6-8,14-16,20H,5,11-13H2,1-4H3,(H,29,31)(H2,26,27,28,30)/t16-,20+. The van der Waals surface area contributed by atoms with Crippen LogP contribution in [0.2, 0.25) is 0 Å². The number of amides is 1. The van der Waals surface area contributed by atoms with Crippen LogP contribution >= 0.6 is 0 Å². The van der Waals surface area contributed by atoms with Crippen molar-refractivity contribution in [2.75, 3.05) is 17.2 Å². The molecule has 1 heterocycles. The number of halogens is 1. The summed E-state index contributed by atoms with van der Waals surface area (Å²) < 4.78 is 18.7. The molecule has 3 N–H and O–H groups in total. The minimum absolute atomic E-state index is 0.0796. The maximum absolute atomic E-state index is 13.4. The number of benzene rings is 1. The molecule has 7 nitrogen and oxygen atoms in total. The van der Waals surface area contributed by atoms with Crippen LogP contribution in [0.1, 0.15) is 52.5 Å². The molecule has 1 aromatic heterocycles. The Balaban J connectivity index is 1.62. The number of nitrogens with zero attached hydrogens (tertiary/aromatic N) is 2. The molecule has 3 rings (SSSR count). The van der Waals surface area contributed by atoms with E-state index < -0.39 is 11.7 Å². The lowest BCUT2D eigenvalue weighted by molar-refractivity contribution is 0.0467. The maximum atomic E-state index is 13.4. The molecule has 0 spiro atoms. The average molecular weight is 440 g/mol. The Kier molecular flexibility index (Phi) is 7.52. The van der Waals surface area contributed by atoms with E-state index in [-0.39, 0.29) is 17.8 Å². The van der Waals surface area contributed by atoms with Crippen molar-refractivity contribution in [1.82, 2.24) is 15.3 Å². The van der Waals surface area contributed by atoms with Crippen LogP contribution < -0.4 is 16.0 Å². The molecule has 1 saturated carbocycles. The van der Waals surface area contributed by atoms with E-state index in [0.29, 0.717) is 23.0 Å². The monoisotopic (exact) mass is 439 g/mol. The van der Waals surface area contributed by atoms with Crippen LogP contribution in [0.4, 0.5) is 26.6 Å². The third-order valence-electron chi connectivity index (χ3n) is 4.68. The van der Waals surface area contributed by atoms with Crippen molar-refractivity contribution in [3.8, 4) is 11.8 Å². The minimum Gasteiger partial charge on any atom is -0.444 e. The summed E-state index contributed by atoms with van der Waals surface area (Å²) in [6.07, 6.45) is 3.77. The number of rotatable bonds is 6. The molecule has 0 aliphatic heterocycles. The van der Waals surface area contributed by atoms with Gasteiger partial charge in [-0.3, -0.25) is 0 Å². The first-order valence-electron chi connectivity index (χ1n) is 10.9. The van der Waals surface area contributed by atoms with Crippen molar-refractivity contribution in [3.05, 3.63) is 41.8 Å². The third-order valence-corrected chi connectivity index (χ3v) is 4.68. The van der Waals surface area contributed by atoms with Crippen LogP contribution in [0.25, 0.3) is 0 Å². The molecular weight excluding hydrogens is 409 g/mol. The van der Waals surface area contributed by atoms with E-state index in [9.17, 15) is 9.18 Å². The van der Waals surface area contributed by atoms with Crippen LogP contribution in [0.3, 0.4) is 0 Å². The number of aromatic nitrogens is 2. The van der Waals surface area contributed by atoms with Crippen molar-refractivity contribution in [2.45, 2.75) is 58.6 Å². The minimum atomic E-state index is -0.509. The zero-order valence-electron chi connectivity index (χ0n) is 19.0. The average Bonchev–Trinajstić information content (AvgIpc) is 2.67. The second kappa shape index (κ2) is 10.3. The van der Waals surface area contributed by atoms with Crippen LogP contribution in [-0.2, 0) is 4.74 Å². The molecule has 170 valence electrons. The first-order chi connectivity index (χ1) is 15.2. The summed E-state index contributed by atoms with van der Waals surface area (Å²) in [7, 11) is 0. The highest BCUT2D eigenvalue weighted by Gasteiger charge is 2.30. The molecule has 1 aromatic carbocycles. The molecule has 1 amide bonds. The van der Waals surface area contributed by atoms with Gasteiger partial charge in [0.1, 0.15) is 17.2 Å². The predicted molar refractivity (Wildman–Crippen MR) is 123 cm³/mol. The Morgan fingerprint density at radius 2 is 2.09 bits per heavy atom. The highest BCUT2D eigenvalue weighted by molar-refractivity contribution is 5.68. The Morgan fingerprint density at radius 3 is 2.78 bits per heavy atom. The zero-order chi connectivity index (χ0) is 23.1. The number of hydrogen-bond donors (Lipinski definition) is 3. The number of anilines is 3. The Morgan fingerprint density at radius 1 is 1.31 bits per heavy atom. The van der Waals surface area contributed by atoms with Gasteiger partial charge in [-0.2, -0.15) is 4.98 Å². The topological polar surface area (TPSA) is 88.2 Å². The lowest BCUT2D eigenvalue weighted by Crippen LogP contribution is -2.45. The second-order valence-electron chi connectivity index (χ2n) is 8.80. The summed E-state index contributed by atoms with van der Waals surface area (Å²) in [6, 6.07) is 6.21. The fourth-order valence-corrected chi connectivity index (χ4v) is 3.11. The molecule has 0 unspecified atom stereocenters. The van der Waals surface area contributed by atoms with Crippen molar-refractivity contribution in [3.63, 3.8) is 0 Å². The van der Waals surface area contributed by atoms with Gasteiger partial charge in [0.15, 0.2) is 0 Å². The summed E-state index contributed by atoms with van der Waals surface area (Å²) >= 11 is 0. The van der Waals surface area contributed by atoms with Gasteiger partial charge in [0.25, 0.3) is 0 Å². The van der Waals surface area contributed by atoms with Gasteiger partial charge < -0.3 is 20.7 Å². The van der Waals surface area contributed by atoms with Crippen LogP contribution in [-0.4, -0.2) is 34.2 Å². The number of hydrogen-bond acceptors (Lipinski definition) is 6. The SMILES string of the molecule is CCCNc1nc(Nc2cccc(F)c2)ncc1C#C[C@H]1C[C@@H](NC(=O)OC(C)(C)C)C1. The van der Waals surface area contributed by atoms with Crippen molar-refractivity contribution >= 4 is 23.5 Å². The van der Waals surface area contributed by atoms with Gasteiger partial charge in [-0.15, -0.1) is 0 Å². The first kappa shape index (κ1) is 23.3. The fraction of sp³-hybridized carbons (Fsp3) is 0.458. The van der Waals surface area contributed by atoms with Crippen LogP contribution in [0.5, 0.6) is 0 Å². The van der Waals surface area contributed by atoms with Crippen molar-refractivity contribution in [1.29, 1.82) is 0 Å². The van der Waals surface area contributed by atoms with Crippen LogP contribution in [0.15, 0.2) is 30.5 Å². The normalized spacial score (nSPS) is 17.4. The van der Waals surface area contributed by atoms with Crippen molar-refractivity contribution < 1.29 is 13.9 Å². The Hall–Kier alpha value is -3.34. The third kappa shape index (κ3) is 7.12. The number of carbonyl (C=O) groups is 1. The molecule has 0 bridgehead atoms. The molecular formula is C24H30FN5O2. The number of nitrogens with one attached hydrogen (secondary N) is 3. The maximum Gasteiger partial charge on any atom is 0.407 e. The van der Waals surface area contributed by atoms with Gasteiger partial charge in [-0.25, -0.2) is 14.2 Å². The molecule has 0 radical (unpaired) electrons. The van der Waals surface area contributed by atoms with Gasteiger partial charge in [-0.05, 0) is 58.2 Å². The smallest absolute Gasteiger partial charge is 0.407 e. The quantitative estimate of drug-likeness (QED) is 0.559. The molecule has 0 saturated heterocycles. The predicted octanol–water partition coefficient (Wildman–Crippen LogP) is 4.84. The highest BCUT2D eigenvalue weighted by atomic mass is 19.1. The molecule has 32 heavy (non-hydrogen) atoms. The largest absolute Gasteiger partial charge is 0.444 e. The number of alkyl carbamates (subject to hydrolysis) is 1. The van der Waals surface area contributed by atoms with Gasteiger partial charge in [0, 0.05) is 24.2 Å². The van der Waals surface area contributed by atoms with E-state index >= 15 is 0 Å².